The van der Waals surface area contributed by atoms with Crippen molar-refractivity contribution in [3.8, 4) is 11.3 Å². The number of nitrogens with zero attached hydrogens (tertiary/aromatic N) is 8. The van der Waals surface area contributed by atoms with Gasteiger partial charge in [0.25, 0.3) is 11.7 Å². The summed E-state index contributed by atoms with van der Waals surface area (Å²) >= 11 is 0. The van der Waals surface area contributed by atoms with Crippen molar-refractivity contribution in [1.82, 2.24) is 39.6 Å². The van der Waals surface area contributed by atoms with Gasteiger partial charge in [0.15, 0.2) is 0 Å². The number of carbonyl (C=O) groups excluding carboxylic acids is 1. The Kier molecular flexibility index (Phi) is 8.32. The quantitative estimate of drug-likeness (QED) is 0.291. The van der Waals surface area contributed by atoms with Gasteiger partial charge in [-0.1, -0.05) is 38.1 Å². The third kappa shape index (κ3) is 6.94. The van der Waals surface area contributed by atoms with Crippen LogP contribution in [0.4, 0.5) is 18.9 Å². The van der Waals surface area contributed by atoms with Gasteiger partial charge in [0.05, 0.1) is 29.6 Å². The Morgan fingerprint density at radius 3 is 2.53 bits per heavy atom. The number of amides is 1. The minimum Gasteiger partial charge on any atom is -0.475 e. The normalized spacial score (nSPS) is 13.3. The highest BCUT2D eigenvalue weighted by molar-refractivity contribution is 5.90. The maximum Gasteiger partial charge on any atom is 0.490 e. The van der Waals surface area contributed by atoms with Gasteiger partial charge >= 0.3 is 12.1 Å². The molecule has 45 heavy (non-hydrogen) atoms. The molecule has 6 rings (SSSR count). The van der Waals surface area contributed by atoms with Crippen LogP contribution >= 0.6 is 0 Å². The summed E-state index contributed by atoms with van der Waals surface area (Å²) in [4.78, 5) is 37.1. The second-order valence-electron chi connectivity index (χ2n) is 11.4. The van der Waals surface area contributed by atoms with E-state index in [-0.39, 0.29) is 17.1 Å². The van der Waals surface area contributed by atoms with E-state index < -0.39 is 12.1 Å². The monoisotopic (exact) mass is 625 g/mol. The van der Waals surface area contributed by atoms with Crippen LogP contribution in [-0.4, -0.2) is 64.0 Å². The summed E-state index contributed by atoms with van der Waals surface area (Å²) in [5.41, 5.74) is 5.57. The van der Waals surface area contributed by atoms with Gasteiger partial charge in [0, 0.05) is 43.0 Å². The first-order valence-corrected chi connectivity index (χ1v) is 13.8. The van der Waals surface area contributed by atoms with Crippen LogP contribution in [0.25, 0.3) is 16.8 Å². The standard InChI is InChI=1S/C27H29N9O2.C2HF3O2/c1-17-11-18(5-6-19(17)13-29-25(37)24-32-26(38-33-24)27(2,3)4)23-21-12-20(14-36(21)31-16-30-23)35-10-9-34-8-7-28-22(34)15-35;3-2(4,5)1(6)7/h5-8,11-12,14,16H,9-10,13,15H2,1-4H3,(H,29,37);(H,6,7). The molecule has 16 heteroatoms. The summed E-state index contributed by atoms with van der Waals surface area (Å²) in [5, 5.41) is 18.3. The Balaban J connectivity index is 0.000000515. The topological polar surface area (TPSA) is 157 Å². The van der Waals surface area contributed by atoms with Crippen LogP contribution in [0.5, 0.6) is 0 Å². The predicted octanol–water partition coefficient (Wildman–Crippen LogP) is 4.17. The first kappa shape index (κ1) is 31.2. The van der Waals surface area contributed by atoms with Gasteiger partial charge < -0.3 is 24.4 Å². The number of hydrogen-bond donors (Lipinski definition) is 2. The van der Waals surface area contributed by atoms with Gasteiger partial charge in [-0.2, -0.15) is 23.3 Å². The van der Waals surface area contributed by atoms with Crippen molar-refractivity contribution in [2.75, 3.05) is 11.4 Å². The molecule has 0 aliphatic carbocycles. The van der Waals surface area contributed by atoms with Crippen molar-refractivity contribution in [2.45, 2.75) is 58.9 Å². The maximum absolute atomic E-state index is 12.6. The number of alkyl halides is 3. The summed E-state index contributed by atoms with van der Waals surface area (Å²) in [7, 11) is 0. The lowest BCUT2D eigenvalue weighted by molar-refractivity contribution is -0.192. The molecule has 1 amide bonds. The average Bonchev–Trinajstić information content (AvgIpc) is 3.75. The fourth-order valence-electron chi connectivity index (χ4n) is 4.62. The van der Waals surface area contributed by atoms with Gasteiger partial charge in [-0.3, -0.25) is 4.79 Å². The molecule has 0 saturated heterocycles. The van der Waals surface area contributed by atoms with E-state index in [9.17, 15) is 18.0 Å². The van der Waals surface area contributed by atoms with Gasteiger partial charge in [-0.25, -0.2) is 19.3 Å². The Morgan fingerprint density at radius 2 is 1.87 bits per heavy atom. The summed E-state index contributed by atoms with van der Waals surface area (Å²) < 4.78 is 41.0. The van der Waals surface area contributed by atoms with Crippen molar-refractivity contribution in [1.29, 1.82) is 0 Å². The Bertz CT molecular complexity index is 1850. The molecule has 0 unspecified atom stereocenters. The van der Waals surface area contributed by atoms with E-state index in [1.54, 1.807) is 6.33 Å². The largest absolute Gasteiger partial charge is 0.490 e. The fraction of sp³-hybridized carbons (Fsp3) is 0.345. The molecule has 5 aromatic rings. The van der Waals surface area contributed by atoms with Crippen LogP contribution in [0.2, 0.25) is 0 Å². The maximum atomic E-state index is 12.6. The summed E-state index contributed by atoms with van der Waals surface area (Å²) in [6.07, 6.45) is 2.41. The molecule has 13 nitrogen and oxygen atoms in total. The molecular weight excluding hydrogens is 595 g/mol. The highest BCUT2D eigenvalue weighted by Crippen LogP contribution is 2.29. The number of imidazole rings is 1. The average molecular weight is 626 g/mol. The number of aromatic nitrogens is 7. The van der Waals surface area contributed by atoms with E-state index in [0.29, 0.717) is 12.4 Å². The van der Waals surface area contributed by atoms with Crippen molar-refractivity contribution in [3.05, 3.63) is 77.8 Å². The zero-order valence-electron chi connectivity index (χ0n) is 24.8. The molecule has 4 aromatic heterocycles. The third-order valence-corrected chi connectivity index (χ3v) is 7.07. The fourth-order valence-corrected chi connectivity index (χ4v) is 4.62. The van der Waals surface area contributed by atoms with Crippen LogP contribution in [0.3, 0.4) is 0 Å². The highest BCUT2D eigenvalue weighted by atomic mass is 19.4. The number of hydrogen-bond acceptors (Lipinski definition) is 9. The van der Waals surface area contributed by atoms with E-state index >= 15 is 0 Å². The van der Waals surface area contributed by atoms with Crippen LogP contribution in [0.1, 0.15) is 54.2 Å². The van der Waals surface area contributed by atoms with Crippen LogP contribution < -0.4 is 10.2 Å². The number of carboxylic acid groups (broad SMARTS) is 1. The van der Waals surface area contributed by atoms with Gasteiger partial charge in [-0.05, 0) is 30.2 Å². The lowest BCUT2D eigenvalue weighted by atomic mass is 9.97. The minimum atomic E-state index is -5.08. The second kappa shape index (κ2) is 12.0. The number of benzene rings is 1. The number of carboxylic acids is 1. The smallest absolute Gasteiger partial charge is 0.475 e. The Labute approximate surface area is 254 Å². The zero-order chi connectivity index (χ0) is 32.5. The lowest BCUT2D eigenvalue weighted by Gasteiger charge is -2.28. The number of aliphatic carboxylic acids is 1. The summed E-state index contributed by atoms with van der Waals surface area (Å²) in [6, 6.07) is 8.25. The van der Waals surface area contributed by atoms with E-state index in [2.05, 4.69) is 52.1 Å². The number of carbonyl (C=O) groups is 2. The van der Waals surface area contributed by atoms with E-state index in [4.69, 9.17) is 14.4 Å². The SMILES string of the molecule is Cc1cc(-c2ncnn3cc(N4CCn5ccnc5C4)cc23)ccc1CNC(=O)c1noc(C(C)(C)C)n1.O=C(O)C(F)(F)F. The number of aryl methyl sites for hydroxylation is 1. The Morgan fingerprint density at radius 1 is 1.11 bits per heavy atom. The highest BCUT2D eigenvalue weighted by Gasteiger charge is 2.38. The molecule has 0 saturated carbocycles. The number of halogens is 3. The van der Waals surface area contributed by atoms with Crippen molar-refractivity contribution in [2.24, 2.45) is 0 Å². The molecule has 1 aliphatic heterocycles. The van der Waals surface area contributed by atoms with Crippen molar-refractivity contribution >= 4 is 23.1 Å². The van der Waals surface area contributed by atoms with Crippen molar-refractivity contribution in [3.63, 3.8) is 0 Å². The number of fused-ring (bicyclic) bond motifs is 2. The lowest BCUT2D eigenvalue weighted by Crippen LogP contribution is -2.33. The van der Waals surface area contributed by atoms with Gasteiger partial charge in [0.1, 0.15) is 12.2 Å². The predicted molar refractivity (Wildman–Crippen MR) is 154 cm³/mol. The van der Waals surface area contributed by atoms with E-state index in [0.717, 1.165) is 59.0 Å². The zero-order valence-corrected chi connectivity index (χ0v) is 24.8. The summed E-state index contributed by atoms with van der Waals surface area (Å²) in [5.74, 6) is -1.60. The molecule has 0 bridgehead atoms. The van der Waals surface area contributed by atoms with E-state index in [1.807, 2.05) is 62.9 Å². The van der Waals surface area contributed by atoms with Crippen molar-refractivity contribution < 1.29 is 32.4 Å². The van der Waals surface area contributed by atoms with E-state index in [1.165, 1.54) is 0 Å². The summed E-state index contributed by atoms with van der Waals surface area (Å²) in [6.45, 7) is 10.8. The van der Waals surface area contributed by atoms with Crippen LogP contribution in [-0.2, 0) is 29.8 Å². The minimum absolute atomic E-state index is 0.0364. The first-order chi connectivity index (χ1) is 21.2. The second-order valence-corrected chi connectivity index (χ2v) is 11.4. The number of rotatable bonds is 5. The number of nitrogens with one attached hydrogen (secondary N) is 1. The molecule has 5 heterocycles. The molecule has 1 aliphatic rings. The molecule has 2 N–H and O–H groups in total. The van der Waals surface area contributed by atoms with Crippen LogP contribution in [0, 0.1) is 6.92 Å². The molecule has 0 fully saturated rings. The van der Waals surface area contributed by atoms with Crippen LogP contribution in [0.15, 0.2) is 53.7 Å². The molecular formula is C29H30F3N9O4. The molecule has 0 radical (unpaired) electrons. The van der Waals surface area contributed by atoms with Gasteiger partial charge in [0.2, 0.25) is 5.89 Å². The Hall–Kier alpha value is -5.28. The van der Waals surface area contributed by atoms with Gasteiger partial charge in [-0.15, -0.1) is 0 Å². The molecule has 0 atom stereocenters. The molecule has 0 spiro atoms. The third-order valence-electron chi connectivity index (χ3n) is 7.07. The molecule has 1 aromatic carbocycles. The number of anilines is 1. The first-order valence-electron chi connectivity index (χ1n) is 13.8. The molecule has 236 valence electrons.